The highest BCUT2D eigenvalue weighted by Gasteiger charge is 2.35. The Bertz CT molecular complexity index is 1320. The standard InChI is InChI=1S/C27H25BrClN3O4S/c1-35-22-11-6-17(14-23(22)36-2)12-13-32-25(33)16-24(26(34)30-21-5-3-4-18(28)15-21)37-27(32)31-20-9-7-19(29)8-10-20/h3-11,14-15,24H,12-13,16H2,1-2H3,(H,30,34). The van der Waals surface area contributed by atoms with Crippen molar-refractivity contribution >= 4 is 67.6 Å². The average molecular weight is 603 g/mol. The summed E-state index contributed by atoms with van der Waals surface area (Å²) in [7, 11) is 3.17. The van der Waals surface area contributed by atoms with Crippen LogP contribution in [0.2, 0.25) is 5.02 Å². The number of carbonyl (C=O) groups excluding carboxylic acids is 2. The summed E-state index contributed by atoms with van der Waals surface area (Å²) < 4.78 is 11.6. The van der Waals surface area contributed by atoms with Crippen LogP contribution in [0.25, 0.3) is 0 Å². The lowest BCUT2D eigenvalue weighted by molar-refractivity contribution is -0.129. The van der Waals surface area contributed by atoms with E-state index in [1.165, 1.54) is 11.8 Å². The molecule has 1 fully saturated rings. The zero-order valence-corrected chi connectivity index (χ0v) is 23.4. The zero-order valence-electron chi connectivity index (χ0n) is 20.2. The van der Waals surface area contributed by atoms with Crippen LogP contribution in [0.15, 0.2) is 76.2 Å². The van der Waals surface area contributed by atoms with Crippen LogP contribution in [0.3, 0.4) is 0 Å². The van der Waals surface area contributed by atoms with Gasteiger partial charge in [0.1, 0.15) is 5.25 Å². The average Bonchev–Trinajstić information content (AvgIpc) is 2.89. The molecule has 1 atom stereocenters. The number of benzene rings is 3. The number of ether oxygens (including phenoxy) is 2. The fourth-order valence-corrected chi connectivity index (χ4v) is 5.40. The minimum absolute atomic E-state index is 0.0656. The van der Waals surface area contributed by atoms with E-state index in [4.69, 9.17) is 26.1 Å². The topological polar surface area (TPSA) is 80.2 Å². The third-order valence-corrected chi connectivity index (χ3v) is 7.58. The number of hydrogen-bond acceptors (Lipinski definition) is 6. The first-order chi connectivity index (χ1) is 17.9. The van der Waals surface area contributed by atoms with Crippen molar-refractivity contribution < 1.29 is 19.1 Å². The summed E-state index contributed by atoms with van der Waals surface area (Å²) in [5, 5.41) is 3.34. The van der Waals surface area contributed by atoms with Gasteiger partial charge in [0.25, 0.3) is 0 Å². The molecular weight excluding hydrogens is 578 g/mol. The molecule has 0 radical (unpaired) electrons. The van der Waals surface area contributed by atoms with Gasteiger partial charge >= 0.3 is 0 Å². The van der Waals surface area contributed by atoms with Crippen molar-refractivity contribution in [3.05, 3.63) is 81.8 Å². The molecule has 4 rings (SSSR count). The maximum absolute atomic E-state index is 13.3. The van der Waals surface area contributed by atoms with Crippen LogP contribution >= 0.6 is 39.3 Å². The Kier molecular flexibility index (Phi) is 9.13. The number of carbonyl (C=O) groups is 2. The van der Waals surface area contributed by atoms with Crippen molar-refractivity contribution in [2.45, 2.75) is 18.1 Å². The van der Waals surface area contributed by atoms with Gasteiger partial charge in [-0.3, -0.25) is 14.5 Å². The van der Waals surface area contributed by atoms with Crippen LogP contribution < -0.4 is 14.8 Å². The van der Waals surface area contributed by atoms with Crippen LogP contribution in [0.1, 0.15) is 12.0 Å². The first-order valence-electron chi connectivity index (χ1n) is 11.4. The molecule has 37 heavy (non-hydrogen) atoms. The van der Waals surface area contributed by atoms with Crippen molar-refractivity contribution in [1.29, 1.82) is 0 Å². The highest BCUT2D eigenvalue weighted by molar-refractivity contribution is 9.10. The summed E-state index contributed by atoms with van der Waals surface area (Å²) in [6, 6.07) is 20.0. The number of rotatable bonds is 8. The Labute approximate surface area is 233 Å². The minimum Gasteiger partial charge on any atom is -0.493 e. The highest BCUT2D eigenvalue weighted by Crippen LogP contribution is 2.32. The highest BCUT2D eigenvalue weighted by atomic mass is 79.9. The Morgan fingerprint density at radius 1 is 1.11 bits per heavy atom. The van der Waals surface area contributed by atoms with Gasteiger partial charge < -0.3 is 14.8 Å². The molecule has 1 heterocycles. The molecule has 3 aromatic carbocycles. The molecule has 0 saturated carbocycles. The molecule has 7 nitrogen and oxygen atoms in total. The van der Waals surface area contributed by atoms with Crippen LogP contribution in [0, 0.1) is 0 Å². The van der Waals surface area contributed by atoms with Gasteiger partial charge in [0, 0.05) is 28.1 Å². The summed E-state index contributed by atoms with van der Waals surface area (Å²) in [6.07, 6.45) is 0.636. The molecule has 1 unspecified atom stereocenters. The molecular formula is C27H25BrClN3O4S. The Balaban J connectivity index is 1.55. The van der Waals surface area contributed by atoms with E-state index in [0.29, 0.717) is 46.0 Å². The van der Waals surface area contributed by atoms with Gasteiger partial charge in [-0.15, -0.1) is 0 Å². The number of anilines is 1. The smallest absolute Gasteiger partial charge is 0.238 e. The van der Waals surface area contributed by atoms with E-state index in [-0.39, 0.29) is 18.2 Å². The van der Waals surface area contributed by atoms with Gasteiger partial charge in [0.15, 0.2) is 16.7 Å². The number of halogens is 2. The Morgan fingerprint density at radius 3 is 2.57 bits per heavy atom. The van der Waals surface area contributed by atoms with Gasteiger partial charge in [-0.05, 0) is 66.6 Å². The van der Waals surface area contributed by atoms with Crippen molar-refractivity contribution in [2.24, 2.45) is 4.99 Å². The van der Waals surface area contributed by atoms with Gasteiger partial charge in [0.05, 0.1) is 19.9 Å². The molecule has 0 bridgehead atoms. The molecule has 192 valence electrons. The number of amidine groups is 1. The third-order valence-electron chi connectivity index (χ3n) is 5.65. The van der Waals surface area contributed by atoms with E-state index in [9.17, 15) is 9.59 Å². The number of amides is 2. The number of hydrogen-bond donors (Lipinski definition) is 1. The maximum Gasteiger partial charge on any atom is 0.238 e. The predicted molar refractivity (Wildman–Crippen MR) is 152 cm³/mol. The van der Waals surface area contributed by atoms with Crippen LogP contribution in [-0.4, -0.2) is 47.9 Å². The van der Waals surface area contributed by atoms with Gasteiger partial charge in [-0.25, -0.2) is 4.99 Å². The minimum atomic E-state index is -0.616. The summed E-state index contributed by atoms with van der Waals surface area (Å²) in [5.41, 5.74) is 2.28. The first kappa shape index (κ1) is 27.0. The molecule has 0 aromatic heterocycles. The van der Waals surface area contributed by atoms with Crippen molar-refractivity contribution in [3.63, 3.8) is 0 Å². The Morgan fingerprint density at radius 2 is 1.86 bits per heavy atom. The number of methoxy groups -OCH3 is 2. The molecule has 0 aliphatic carbocycles. The molecule has 0 spiro atoms. The van der Waals surface area contributed by atoms with Crippen molar-refractivity contribution in [1.82, 2.24) is 4.90 Å². The summed E-state index contributed by atoms with van der Waals surface area (Å²) in [6.45, 7) is 0.397. The number of aliphatic imine (C=N–C) groups is 1. The van der Waals surface area contributed by atoms with Crippen LogP contribution in [-0.2, 0) is 16.0 Å². The summed E-state index contributed by atoms with van der Waals surface area (Å²) >= 11 is 10.7. The fraction of sp³-hybridized carbons (Fsp3) is 0.222. The van der Waals surface area contributed by atoms with Gasteiger partial charge in [0.2, 0.25) is 11.8 Å². The molecule has 1 aliphatic rings. The lowest BCUT2D eigenvalue weighted by Crippen LogP contribution is -2.46. The largest absolute Gasteiger partial charge is 0.493 e. The van der Waals surface area contributed by atoms with Crippen LogP contribution in [0.4, 0.5) is 11.4 Å². The maximum atomic E-state index is 13.3. The molecule has 2 amide bonds. The quantitative estimate of drug-likeness (QED) is 0.326. The monoisotopic (exact) mass is 601 g/mol. The van der Waals surface area contributed by atoms with E-state index in [1.54, 1.807) is 49.5 Å². The predicted octanol–water partition coefficient (Wildman–Crippen LogP) is 6.32. The third kappa shape index (κ3) is 7.06. The molecule has 1 saturated heterocycles. The number of thioether (sulfide) groups is 1. The van der Waals surface area contributed by atoms with Crippen molar-refractivity contribution in [2.75, 3.05) is 26.1 Å². The van der Waals surface area contributed by atoms with Gasteiger partial charge in [-0.1, -0.05) is 51.4 Å². The lowest BCUT2D eigenvalue weighted by atomic mass is 10.1. The summed E-state index contributed by atoms with van der Waals surface area (Å²) in [4.78, 5) is 32.7. The van der Waals surface area contributed by atoms with E-state index >= 15 is 0 Å². The Hall–Kier alpha value is -3.01. The summed E-state index contributed by atoms with van der Waals surface area (Å²) in [5.74, 6) is 0.847. The van der Waals surface area contributed by atoms with E-state index in [1.807, 2.05) is 36.4 Å². The van der Waals surface area contributed by atoms with Crippen molar-refractivity contribution in [3.8, 4) is 11.5 Å². The molecule has 3 aromatic rings. The second kappa shape index (κ2) is 12.5. The zero-order chi connectivity index (χ0) is 26.4. The van der Waals surface area contributed by atoms with E-state index in [2.05, 4.69) is 21.2 Å². The fourth-order valence-electron chi connectivity index (χ4n) is 3.75. The van der Waals surface area contributed by atoms with Gasteiger partial charge in [-0.2, -0.15) is 0 Å². The molecule has 1 N–H and O–H groups in total. The molecule has 1 aliphatic heterocycles. The number of nitrogens with one attached hydrogen (secondary N) is 1. The van der Waals surface area contributed by atoms with Crippen LogP contribution in [0.5, 0.6) is 11.5 Å². The lowest BCUT2D eigenvalue weighted by Gasteiger charge is -2.32. The second-order valence-electron chi connectivity index (χ2n) is 8.17. The SMILES string of the molecule is COc1ccc(CCN2C(=O)CC(C(=O)Nc3cccc(Br)c3)SC2=Nc2ccc(Cl)cc2)cc1OC. The second-order valence-corrected chi connectivity index (χ2v) is 10.7. The normalized spacial score (nSPS) is 16.5. The first-order valence-corrected chi connectivity index (χ1v) is 13.5. The number of nitrogens with zero attached hydrogens (tertiary/aromatic N) is 2. The molecule has 10 heteroatoms. The van der Waals surface area contributed by atoms with E-state index < -0.39 is 5.25 Å². The van der Waals surface area contributed by atoms with E-state index in [0.717, 1.165) is 10.0 Å².